The number of nitrogens with one attached hydrogen (secondary N) is 1. The maximum atomic E-state index is 12.1. The van der Waals surface area contributed by atoms with E-state index in [1.807, 2.05) is 6.07 Å². The average molecular weight is 305 g/mol. The number of aryl methyl sites for hydroxylation is 1. The van der Waals surface area contributed by atoms with Crippen molar-refractivity contribution in [1.29, 1.82) is 0 Å². The van der Waals surface area contributed by atoms with Gasteiger partial charge in [-0.1, -0.05) is 6.42 Å². The van der Waals surface area contributed by atoms with Crippen LogP contribution in [0.25, 0.3) is 10.2 Å². The number of aromatic nitrogens is 1. The number of rotatable bonds is 3. The molecule has 21 heavy (non-hydrogen) atoms. The molecule has 1 aliphatic rings. The van der Waals surface area contributed by atoms with Crippen molar-refractivity contribution in [1.82, 2.24) is 14.8 Å². The van der Waals surface area contributed by atoms with Gasteiger partial charge in [-0.15, -0.1) is 11.3 Å². The molecule has 0 atom stereocenters. The van der Waals surface area contributed by atoms with Gasteiger partial charge >= 0.3 is 0 Å². The predicted octanol–water partition coefficient (Wildman–Crippen LogP) is 3.23. The predicted molar refractivity (Wildman–Crippen MR) is 88.1 cm³/mol. The Morgan fingerprint density at radius 3 is 2.71 bits per heavy atom. The SMILES string of the molecule is Cc1sc2cc(C(=O)N(C)C)[nH]c2c1CN1CCCCC1. The Morgan fingerprint density at radius 1 is 1.33 bits per heavy atom. The molecule has 2 aromatic heterocycles. The lowest BCUT2D eigenvalue weighted by Gasteiger charge is -2.26. The van der Waals surface area contributed by atoms with Gasteiger partial charge in [0, 0.05) is 31.1 Å². The summed E-state index contributed by atoms with van der Waals surface area (Å²) in [5.41, 5.74) is 3.23. The number of carbonyl (C=O) groups excluding carboxylic acids is 1. The van der Waals surface area contributed by atoms with Gasteiger partial charge in [0.1, 0.15) is 5.69 Å². The van der Waals surface area contributed by atoms with Crippen LogP contribution >= 0.6 is 11.3 Å². The first kappa shape index (κ1) is 14.6. The quantitative estimate of drug-likeness (QED) is 0.945. The highest BCUT2D eigenvalue weighted by Gasteiger charge is 2.19. The minimum Gasteiger partial charge on any atom is -0.350 e. The van der Waals surface area contributed by atoms with Gasteiger partial charge in [-0.2, -0.15) is 0 Å². The summed E-state index contributed by atoms with van der Waals surface area (Å²) in [6, 6.07) is 2.00. The van der Waals surface area contributed by atoms with Crippen molar-refractivity contribution in [3.8, 4) is 0 Å². The van der Waals surface area contributed by atoms with Crippen LogP contribution in [0.2, 0.25) is 0 Å². The molecular weight excluding hydrogens is 282 g/mol. The summed E-state index contributed by atoms with van der Waals surface area (Å²) in [6.07, 6.45) is 3.97. The highest BCUT2D eigenvalue weighted by atomic mass is 32.1. The molecule has 0 unspecified atom stereocenters. The van der Waals surface area contributed by atoms with E-state index in [0.29, 0.717) is 5.69 Å². The Morgan fingerprint density at radius 2 is 2.05 bits per heavy atom. The van der Waals surface area contributed by atoms with Gasteiger partial charge in [0.25, 0.3) is 5.91 Å². The second-order valence-corrected chi connectivity index (χ2v) is 7.35. The second kappa shape index (κ2) is 5.81. The first-order chi connectivity index (χ1) is 10.1. The number of thiophene rings is 1. The van der Waals surface area contributed by atoms with E-state index >= 15 is 0 Å². The molecule has 0 saturated carbocycles. The normalized spacial score (nSPS) is 16.5. The third-order valence-electron chi connectivity index (χ3n) is 4.24. The Balaban J connectivity index is 1.90. The van der Waals surface area contributed by atoms with Gasteiger partial charge in [-0.3, -0.25) is 9.69 Å². The molecule has 4 nitrogen and oxygen atoms in total. The summed E-state index contributed by atoms with van der Waals surface area (Å²) in [6.45, 7) is 5.58. The first-order valence-corrected chi connectivity index (χ1v) is 8.43. The smallest absolute Gasteiger partial charge is 0.269 e. The summed E-state index contributed by atoms with van der Waals surface area (Å²) in [4.78, 5) is 21.0. The van der Waals surface area contributed by atoms with Crippen LogP contribution in [-0.2, 0) is 6.54 Å². The van der Waals surface area contributed by atoms with Crippen LogP contribution in [0.3, 0.4) is 0 Å². The Bertz CT molecular complexity index is 650. The van der Waals surface area contributed by atoms with Crippen LogP contribution < -0.4 is 0 Å². The number of aromatic amines is 1. The lowest BCUT2D eigenvalue weighted by Crippen LogP contribution is -2.29. The van der Waals surface area contributed by atoms with Crippen LogP contribution in [0.4, 0.5) is 0 Å². The number of likely N-dealkylation sites (tertiary alicyclic amines) is 1. The summed E-state index contributed by atoms with van der Waals surface area (Å²) < 4.78 is 1.20. The van der Waals surface area contributed by atoms with Gasteiger partial charge in [-0.05, 0) is 38.9 Å². The van der Waals surface area contributed by atoms with Crippen molar-refractivity contribution >= 4 is 27.5 Å². The Kier molecular flexibility index (Phi) is 4.04. The maximum Gasteiger partial charge on any atom is 0.269 e. The van der Waals surface area contributed by atoms with E-state index in [-0.39, 0.29) is 5.91 Å². The van der Waals surface area contributed by atoms with E-state index in [9.17, 15) is 4.79 Å². The first-order valence-electron chi connectivity index (χ1n) is 7.61. The zero-order valence-electron chi connectivity index (χ0n) is 13.0. The lowest BCUT2D eigenvalue weighted by atomic mass is 10.1. The number of hydrogen-bond donors (Lipinski definition) is 1. The van der Waals surface area contributed by atoms with Crippen molar-refractivity contribution in [3.05, 3.63) is 22.2 Å². The maximum absolute atomic E-state index is 12.1. The van der Waals surface area contributed by atoms with Gasteiger partial charge in [0.05, 0.1) is 10.2 Å². The van der Waals surface area contributed by atoms with Crippen LogP contribution in [0, 0.1) is 6.92 Å². The standard InChI is InChI=1S/C16H23N3OS/c1-11-12(10-19-7-5-4-6-8-19)15-14(21-11)9-13(17-15)16(20)18(2)3/h9,17H,4-8,10H2,1-3H3. The molecule has 0 spiro atoms. The Hall–Kier alpha value is -1.33. The van der Waals surface area contributed by atoms with Crippen LogP contribution in [0.15, 0.2) is 6.07 Å². The molecule has 1 fully saturated rings. The topological polar surface area (TPSA) is 39.3 Å². The highest BCUT2D eigenvalue weighted by Crippen LogP contribution is 2.32. The van der Waals surface area contributed by atoms with Crippen LogP contribution in [0.1, 0.15) is 40.2 Å². The second-order valence-electron chi connectivity index (χ2n) is 6.10. The minimum absolute atomic E-state index is 0.0416. The molecule has 0 aliphatic carbocycles. The molecule has 114 valence electrons. The molecule has 1 saturated heterocycles. The average Bonchev–Trinajstić information content (AvgIpc) is 2.99. The van der Waals surface area contributed by atoms with Crippen molar-refractivity contribution in [2.75, 3.05) is 27.2 Å². The number of hydrogen-bond acceptors (Lipinski definition) is 3. The summed E-state index contributed by atoms with van der Waals surface area (Å²) in [7, 11) is 3.58. The number of amides is 1. The van der Waals surface area contributed by atoms with E-state index in [1.165, 1.54) is 47.5 Å². The van der Waals surface area contributed by atoms with Gasteiger partial charge in [-0.25, -0.2) is 0 Å². The fourth-order valence-corrected chi connectivity index (χ4v) is 4.10. The van der Waals surface area contributed by atoms with E-state index < -0.39 is 0 Å². The third-order valence-corrected chi connectivity index (χ3v) is 5.33. The van der Waals surface area contributed by atoms with E-state index in [0.717, 1.165) is 12.1 Å². The van der Waals surface area contributed by atoms with Gasteiger partial charge in [0.15, 0.2) is 0 Å². The molecule has 0 aromatic carbocycles. The number of carbonyl (C=O) groups is 1. The molecule has 0 radical (unpaired) electrons. The number of H-pyrrole nitrogens is 1. The minimum atomic E-state index is 0.0416. The number of fused-ring (bicyclic) bond motifs is 1. The fourth-order valence-electron chi connectivity index (χ4n) is 3.03. The lowest BCUT2D eigenvalue weighted by molar-refractivity contribution is 0.0823. The third kappa shape index (κ3) is 2.85. The molecule has 1 aliphatic heterocycles. The molecular formula is C16H23N3OS. The van der Waals surface area contributed by atoms with Gasteiger partial charge in [0.2, 0.25) is 0 Å². The van der Waals surface area contributed by atoms with Crippen molar-refractivity contribution in [2.24, 2.45) is 0 Å². The Labute approximate surface area is 129 Å². The monoisotopic (exact) mass is 305 g/mol. The molecule has 0 bridgehead atoms. The molecule has 1 N–H and O–H groups in total. The van der Waals surface area contributed by atoms with Crippen molar-refractivity contribution in [2.45, 2.75) is 32.7 Å². The number of piperidine rings is 1. The molecule has 5 heteroatoms. The van der Waals surface area contributed by atoms with Crippen LogP contribution in [0.5, 0.6) is 0 Å². The van der Waals surface area contributed by atoms with Gasteiger partial charge < -0.3 is 9.88 Å². The molecule has 3 rings (SSSR count). The summed E-state index contributed by atoms with van der Waals surface area (Å²) in [5, 5.41) is 0. The van der Waals surface area contributed by atoms with E-state index in [1.54, 1.807) is 30.3 Å². The largest absolute Gasteiger partial charge is 0.350 e. The highest BCUT2D eigenvalue weighted by molar-refractivity contribution is 7.19. The molecule has 2 aromatic rings. The zero-order chi connectivity index (χ0) is 15.0. The summed E-state index contributed by atoms with van der Waals surface area (Å²) in [5.74, 6) is 0.0416. The van der Waals surface area contributed by atoms with Crippen molar-refractivity contribution < 1.29 is 4.79 Å². The fraction of sp³-hybridized carbons (Fsp3) is 0.562. The van der Waals surface area contributed by atoms with Crippen molar-refractivity contribution in [3.63, 3.8) is 0 Å². The van der Waals surface area contributed by atoms with E-state index in [2.05, 4.69) is 16.8 Å². The molecule has 1 amide bonds. The number of nitrogens with zero attached hydrogens (tertiary/aromatic N) is 2. The zero-order valence-corrected chi connectivity index (χ0v) is 13.8. The summed E-state index contributed by atoms with van der Waals surface area (Å²) >= 11 is 1.79. The van der Waals surface area contributed by atoms with E-state index in [4.69, 9.17) is 0 Å². The van der Waals surface area contributed by atoms with Crippen LogP contribution in [-0.4, -0.2) is 47.9 Å². The molecule has 3 heterocycles.